The molecule has 1 saturated heterocycles. The van der Waals surface area contributed by atoms with Gasteiger partial charge in [-0.3, -0.25) is 19.3 Å². The van der Waals surface area contributed by atoms with Crippen molar-refractivity contribution in [1.82, 2.24) is 4.90 Å². The van der Waals surface area contributed by atoms with Crippen LogP contribution in [0.25, 0.3) is 0 Å². The predicted octanol–water partition coefficient (Wildman–Crippen LogP) is 3.21. The van der Waals surface area contributed by atoms with Gasteiger partial charge in [0.15, 0.2) is 0 Å². The standard InChI is InChI=1S/C18H19F3N2O3/c1-10(23-16(25)13-7-2-3-8-14(13)17(23)26)15(24)22-12-6-4-5-11(9-12)18(19,20)21/h4-6,9-10,13-14H,2-3,7-8H2,1H3,(H,22,24). The van der Waals surface area contributed by atoms with Crippen LogP contribution in [-0.2, 0) is 20.6 Å². The van der Waals surface area contributed by atoms with Crippen LogP contribution in [0.3, 0.4) is 0 Å². The zero-order chi connectivity index (χ0) is 19.1. The summed E-state index contributed by atoms with van der Waals surface area (Å²) in [4.78, 5) is 38.4. The number of halogens is 3. The van der Waals surface area contributed by atoms with Gasteiger partial charge in [-0.25, -0.2) is 0 Å². The van der Waals surface area contributed by atoms with Gasteiger partial charge in [-0.1, -0.05) is 18.9 Å². The van der Waals surface area contributed by atoms with E-state index in [1.54, 1.807) is 0 Å². The number of fused-ring (bicyclic) bond motifs is 1. The van der Waals surface area contributed by atoms with Crippen molar-refractivity contribution in [1.29, 1.82) is 0 Å². The van der Waals surface area contributed by atoms with Crippen LogP contribution in [-0.4, -0.2) is 28.7 Å². The molecule has 1 N–H and O–H groups in total. The summed E-state index contributed by atoms with van der Waals surface area (Å²) in [5, 5.41) is 2.37. The Labute approximate surface area is 148 Å². The minimum absolute atomic E-state index is 0.0341. The molecule has 8 heteroatoms. The second-order valence-corrected chi connectivity index (χ2v) is 6.79. The quantitative estimate of drug-likeness (QED) is 0.833. The minimum Gasteiger partial charge on any atom is -0.324 e. The molecule has 3 atom stereocenters. The molecule has 0 spiro atoms. The number of carbonyl (C=O) groups excluding carboxylic acids is 3. The molecule has 3 rings (SSSR count). The lowest BCUT2D eigenvalue weighted by Gasteiger charge is -2.22. The molecular weight excluding hydrogens is 349 g/mol. The summed E-state index contributed by atoms with van der Waals surface area (Å²) in [5.41, 5.74) is -0.921. The summed E-state index contributed by atoms with van der Waals surface area (Å²) in [7, 11) is 0. The van der Waals surface area contributed by atoms with Crippen molar-refractivity contribution >= 4 is 23.4 Å². The number of nitrogens with one attached hydrogen (secondary N) is 1. The Morgan fingerprint density at radius 2 is 1.73 bits per heavy atom. The van der Waals surface area contributed by atoms with E-state index < -0.39 is 23.7 Å². The predicted molar refractivity (Wildman–Crippen MR) is 86.8 cm³/mol. The number of nitrogens with zero attached hydrogens (tertiary/aromatic N) is 1. The fourth-order valence-electron chi connectivity index (χ4n) is 3.71. The first-order valence-corrected chi connectivity index (χ1v) is 8.55. The van der Waals surface area contributed by atoms with E-state index >= 15 is 0 Å². The number of rotatable bonds is 3. The Morgan fingerprint density at radius 3 is 2.27 bits per heavy atom. The van der Waals surface area contributed by atoms with Crippen LogP contribution < -0.4 is 5.32 Å². The molecule has 3 amide bonds. The van der Waals surface area contributed by atoms with Gasteiger partial charge in [-0.15, -0.1) is 0 Å². The van der Waals surface area contributed by atoms with Crippen molar-refractivity contribution in [3.8, 4) is 0 Å². The van der Waals surface area contributed by atoms with E-state index in [4.69, 9.17) is 0 Å². The molecule has 0 aromatic heterocycles. The van der Waals surface area contributed by atoms with Gasteiger partial charge in [0.2, 0.25) is 17.7 Å². The van der Waals surface area contributed by atoms with Crippen LogP contribution >= 0.6 is 0 Å². The van der Waals surface area contributed by atoms with Gasteiger partial charge in [0.1, 0.15) is 6.04 Å². The molecule has 140 valence electrons. The summed E-state index contributed by atoms with van der Waals surface area (Å²) in [6.45, 7) is 1.41. The maximum atomic E-state index is 12.8. The molecule has 2 fully saturated rings. The number of carbonyl (C=O) groups is 3. The molecule has 2 aliphatic rings. The first-order valence-electron chi connectivity index (χ1n) is 8.55. The highest BCUT2D eigenvalue weighted by Crippen LogP contribution is 2.39. The Morgan fingerprint density at radius 1 is 1.15 bits per heavy atom. The summed E-state index contributed by atoms with van der Waals surface area (Å²) in [6, 6.07) is 3.15. The van der Waals surface area contributed by atoms with Crippen molar-refractivity contribution in [2.45, 2.75) is 44.8 Å². The number of anilines is 1. The van der Waals surface area contributed by atoms with E-state index in [0.29, 0.717) is 12.8 Å². The Hall–Kier alpha value is -2.38. The fourth-order valence-corrected chi connectivity index (χ4v) is 3.71. The lowest BCUT2D eigenvalue weighted by atomic mass is 9.81. The molecule has 26 heavy (non-hydrogen) atoms. The van der Waals surface area contributed by atoms with E-state index in [0.717, 1.165) is 29.9 Å². The highest BCUT2D eigenvalue weighted by molar-refractivity contribution is 6.09. The zero-order valence-electron chi connectivity index (χ0n) is 14.2. The number of likely N-dealkylation sites (tertiary alicyclic amines) is 1. The molecule has 3 unspecified atom stereocenters. The number of benzene rings is 1. The molecular formula is C18H19F3N2O3. The maximum absolute atomic E-state index is 12.8. The summed E-state index contributed by atoms with van der Waals surface area (Å²) in [6.07, 6.45) is -1.51. The first-order chi connectivity index (χ1) is 12.2. The number of amides is 3. The molecule has 1 aliphatic carbocycles. The van der Waals surface area contributed by atoms with Crippen LogP contribution in [0.15, 0.2) is 24.3 Å². The second kappa shape index (κ2) is 6.74. The normalized spacial score (nSPS) is 24.4. The van der Waals surface area contributed by atoms with Crippen LogP contribution in [0.1, 0.15) is 38.2 Å². The average Bonchev–Trinajstić information content (AvgIpc) is 2.85. The smallest absolute Gasteiger partial charge is 0.324 e. The van der Waals surface area contributed by atoms with Crippen molar-refractivity contribution < 1.29 is 27.6 Å². The van der Waals surface area contributed by atoms with Gasteiger partial charge in [-0.2, -0.15) is 13.2 Å². The third-order valence-corrected chi connectivity index (χ3v) is 5.10. The maximum Gasteiger partial charge on any atom is 0.416 e. The van der Waals surface area contributed by atoms with E-state index in [-0.39, 0.29) is 29.3 Å². The van der Waals surface area contributed by atoms with E-state index in [1.807, 2.05) is 0 Å². The fraction of sp³-hybridized carbons (Fsp3) is 0.500. The molecule has 0 radical (unpaired) electrons. The molecule has 1 aromatic rings. The minimum atomic E-state index is -4.52. The average molecular weight is 368 g/mol. The monoisotopic (exact) mass is 368 g/mol. The van der Waals surface area contributed by atoms with Crippen molar-refractivity contribution in [2.75, 3.05) is 5.32 Å². The number of imide groups is 1. The van der Waals surface area contributed by atoms with Crippen LogP contribution in [0.2, 0.25) is 0 Å². The Balaban J connectivity index is 1.74. The number of hydrogen-bond donors (Lipinski definition) is 1. The van der Waals surface area contributed by atoms with E-state index in [9.17, 15) is 27.6 Å². The van der Waals surface area contributed by atoms with Crippen LogP contribution in [0.5, 0.6) is 0 Å². The molecule has 0 bridgehead atoms. The SMILES string of the molecule is CC(C(=O)Nc1cccc(C(F)(F)F)c1)N1C(=O)C2CCCCC2C1=O. The lowest BCUT2D eigenvalue weighted by Crippen LogP contribution is -2.46. The summed E-state index contributed by atoms with van der Waals surface area (Å²) < 4.78 is 38.3. The van der Waals surface area contributed by atoms with E-state index in [1.165, 1.54) is 19.1 Å². The molecule has 1 saturated carbocycles. The van der Waals surface area contributed by atoms with Crippen LogP contribution in [0.4, 0.5) is 18.9 Å². The zero-order valence-corrected chi connectivity index (χ0v) is 14.2. The first kappa shape index (κ1) is 18.4. The second-order valence-electron chi connectivity index (χ2n) is 6.79. The third kappa shape index (κ3) is 3.32. The third-order valence-electron chi connectivity index (χ3n) is 5.10. The summed E-state index contributed by atoms with van der Waals surface area (Å²) in [5.74, 6) is -2.15. The van der Waals surface area contributed by atoms with E-state index in [2.05, 4.69) is 5.32 Å². The van der Waals surface area contributed by atoms with Crippen molar-refractivity contribution in [2.24, 2.45) is 11.8 Å². The van der Waals surface area contributed by atoms with Gasteiger partial charge in [0.25, 0.3) is 0 Å². The molecule has 1 aliphatic heterocycles. The van der Waals surface area contributed by atoms with Gasteiger partial charge >= 0.3 is 6.18 Å². The van der Waals surface area contributed by atoms with Gasteiger partial charge in [0, 0.05) is 5.69 Å². The topological polar surface area (TPSA) is 66.5 Å². The Bertz CT molecular complexity index is 723. The largest absolute Gasteiger partial charge is 0.416 e. The summed E-state index contributed by atoms with van der Waals surface area (Å²) >= 11 is 0. The van der Waals surface area contributed by atoms with Crippen LogP contribution in [0, 0.1) is 11.8 Å². The molecule has 1 aromatic carbocycles. The highest BCUT2D eigenvalue weighted by Gasteiger charge is 2.50. The Kier molecular flexibility index (Phi) is 4.77. The highest BCUT2D eigenvalue weighted by atomic mass is 19.4. The van der Waals surface area contributed by atoms with Crippen molar-refractivity contribution in [3.63, 3.8) is 0 Å². The van der Waals surface area contributed by atoms with Crippen molar-refractivity contribution in [3.05, 3.63) is 29.8 Å². The van der Waals surface area contributed by atoms with Gasteiger partial charge < -0.3 is 5.32 Å². The van der Waals surface area contributed by atoms with Gasteiger partial charge in [0.05, 0.1) is 17.4 Å². The molecule has 1 heterocycles. The van der Waals surface area contributed by atoms with Gasteiger partial charge in [-0.05, 0) is 38.0 Å². The number of alkyl halides is 3. The lowest BCUT2D eigenvalue weighted by molar-refractivity contribution is -0.146. The number of hydrogen-bond acceptors (Lipinski definition) is 3. The molecule has 5 nitrogen and oxygen atoms in total.